The van der Waals surface area contributed by atoms with Gasteiger partial charge in [-0.2, -0.15) is 0 Å². The van der Waals surface area contributed by atoms with Crippen LogP contribution >= 0.6 is 0 Å². The van der Waals surface area contributed by atoms with Gasteiger partial charge in [0.15, 0.2) is 16.9 Å². The van der Waals surface area contributed by atoms with Crippen LogP contribution in [0.3, 0.4) is 0 Å². The summed E-state index contributed by atoms with van der Waals surface area (Å²) in [6.07, 6.45) is 0.878. The molecule has 7 nitrogen and oxygen atoms in total. The number of fused-ring (bicyclic) bond motifs is 2. The predicted molar refractivity (Wildman–Crippen MR) is 132 cm³/mol. The number of benzene rings is 2. The van der Waals surface area contributed by atoms with Gasteiger partial charge in [-0.3, -0.25) is 9.59 Å². The smallest absolute Gasteiger partial charge is 0.290 e. The zero-order valence-electron chi connectivity index (χ0n) is 20.3. The third-order valence-electron chi connectivity index (χ3n) is 6.39. The number of nitrogens with zero attached hydrogens (tertiary/aromatic N) is 2. The molecule has 180 valence electrons. The first-order valence-corrected chi connectivity index (χ1v) is 11.9. The van der Waals surface area contributed by atoms with Crippen molar-refractivity contribution in [1.29, 1.82) is 0 Å². The maximum atomic E-state index is 13.6. The van der Waals surface area contributed by atoms with Gasteiger partial charge in [-0.25, -0.2) is 0 Å². The van der Waals surface area contributed by atoms with Crippen molar-refractivity contribution >= 4 is 16.9 Å². The molecule has 7 heteroatoms. The van der Waals surface area contributed by atoms with E-state index in [1.807, 2.05) is 25.1 Å². The van der Waals surface area contributed by atoms with E-state index in [9.17, 15) is 9.59 Å². The summed E-state index contributed by atoms with van der Waals surface area (Å²) in [4.78, 5) is 31.1. The van der Waals surface area contributed by atoms with Crippen LogP contribution in [-0.2, 0) is 0 Å². The molecule has 0 aliphatic carbocycles. The second-order valence-electron chi connectivity index (χ2n) is 8.36. The Morgan fingerprint density at radius 1 is 1.03 bits per heavy atom. The monoisotopic (exact) mass is 464 g/mol. The number of hydrogen-bond donors (Lipinski definition) is 0. The molecule has 0 radical (unpaired) electrons. The average molecular weight is 465 g/mol. The molecule has 1 amide bonds. The minimum Gasteiger partial charge on any atom is -0.493 e. The second-order valence-corrected chi connectivity index (χ2v) is 8.36. The number of hydrogen-bond acceptors (Lipinski definition) is 6. The van der Waals surface area contributed by atoms with E-state index in [-0.39, 0.29) is 17.1 Å². The van der Waals surface area contributed by atoms with Gasteiger partial charge in [0, 0.05) is 13.1 Å². The second kappa shape index (κ2) is 10.3. The quantitative estimate of drug-likeness (QED) is 0.441. The minimum absolute atomic E-state index is 0.124. The topological polar surface area (TPSA) is 72.2 Å². The van der Waals surface area contributed by atoms with Crippen LogP contribution in [0, 0.1) is 0 Å². The van der Waals surface area contributed by atoms with Crippen LogP contribution in [0.2, 0.25) is 0 Å². The normalized spacial score (nSPS) is 15.3. The highest BCUT2D eigenvalue weighted by atomic mass is 16.5. The molecule has 1 aliphatic heterocycles. The first-order valence-electron chi connectivity index (χ1n) is 11.9. The first kappa shape index (κ1) is 23.8. The van der Waals surface area contributed by atoms with Gasteiger partial charge in [-0.1, -0.05) is 39.0 Å². The zero-order chi connectivity index (χ0) is 24.2. The Labute approximate surface area is 199 Å². The Bertz CT molecular complexity index is 1230. The molecule has 4 rings (SSSR count). The molecule has 2 heterocycles. The van der Waals surface area contributed by atoms with E-state index in [0.717, 1.165) is 25.1 Å². The summed E-state index contributed by atoms with van der Waals surface area (Å²) in [5.41, 5.74) is 1.41. The molecule has 3 aromatic rings. The van der Waals surface area contributed by atoms with Crippen LogP contribution in [0.5, 0.6) is 11.5 Å². The molecule has 0 N–H and O–H groups in total. The first-order chi connectivity index (χ1) is 16.5. The molecule has 0 bridgehead atoms. The fourth-order valence-electron chi connectivity index (χ4n) is 4.52. The number of carbonyl (C=O) groups excluding carboxylic acids is 1. The van der Waals surface area contributed by atoms with Gasteiger partial charge in [0.2, 0.25) is 5.76 Å². The van der Waals surface area contributed by atoms with E-state index in [4.69, 9.17) is 13.9 Å². The number of amides is 1. The van der Waals surface area contributed by atoms with Crippen LogP contribution in [0.15, 0.2) is 51.7 Å². The van der Waals surface area contributed by atoms with Gasteiger partial charge in [0.05, 0.1) is 30.7 Å². The minimum atomic E-state index is -0.562. The lowest BCUT2D eigenvalue weighted by molar-refractivity contribution is 0.0708. The number of methoxy groups -OCH3 is 1. The van der Waals surface area contributed by atoms with E-state index in [1.165, 1.54) is 0 Å². The molecule has 0 fully saturated rings. The van der Waals surface area contributed by atoms with Gasteiger partial charge in [-0.05, 0) is 49.3 Å². The fourth-order valence-corrected chi connectivity index (χ4v) is 4.52. The maximum Gasteiger partial charge on any atom is 0.290 e. The molecule has 1 aliphatic rings. The lowest BCUT2D eigenvalue weighted by Gasteiger charge is -2.28. The number of rotatable bonds is 10. The Kier molecular flexibility index (Phi) is 7.22. The average Bonchev–Trinajstić information content (AvgIpc) is 3.15. The molecule has 1 aromatic heterocycles. The SMILES string of the molecule is CCCOc1ccc([C@H]2c3c(oc4ccccc4c3=O)C(=O)N2CCN(CC)CC)cc1OC. The summed E-state index contributed by atoms with van der Waals surface area (Å²) < 4.78 is 17.4. The highest BCUT2D eigenvalue weighted by Crippen LogP contribution is 2.40. The van der Waals surface area contributed by atoms with Crippen molar-refractivity contribution in [2.24, 2.45) is 0 Å². The number of carbonyl (C=O) groups is 1. The molecule has 0 saturated carbocycles. The number of ether oxygens (including phenoxy) is 2. The third-order valence-corrected chi connectivity index (χ3v) is 6.39. The third kappa shape index (κ3) is 4.28. The summed E-state index contributed by atoms with van der Waals surface area (Å²) >= 11 is 0. The molecule has 1 atom stereocenters. The van der Waals surface area contributed by atoms with Crippen molar-refractivity contribution in [1.82, 2.24) is 9.80 Å². The fraction of sp³-hybridized carbons (Fsp3) is 0.407. The summed E-state index contributed by atoms with van der Waals surface area (Å²) in [6, 6.07) is 12.1. The molecule has 0 unspecified atom stereocenters. The number of likely N-dealkylation sites (N-methyl/N-ethyl adjacent to an activating group) is 1. The Morgan fingerprint density at radius 2 is 1.79 bits per heavy atom. The number of para-hydroxylation sites is 1. The van der Waals surface area contributed by atoms with E-state index in [0.29, 0.717) is 47.7 Å². The van der Waals surface area contributed by atoms with Crippen LogP contribution < -0.4 is 14.9 Å². The van der Waals surface area contributed by atoms with Gasteiger partial charge in [0.1, 0.15) is 5.58 Å². The van der Waals surface area contributed by atoms with Crippen LogP contribution in [0.4, 0.5) is 0 Å². The van der Waals surface area contributed by atoms with Crippen molar-refractivity contribution in [3.8, 4) is 11.5 Å². The summed E-state index contributed by atoms with van der Waals surface area (Å²) in [7, 11) is 1.59. The Balaban J connectivity index is 1.84. The van der Waals surface area contributed by atoms with E-state index in [2.05, 4.69) is 18.7 Å². The van der Waals surface area contributed by atoms with E-state index >= 15 is 0 Å². The molecular weight excluding hydrogens is 432 g/mol. The van der Waals surface area contributed by atoms with Crippen molar-refractivity contribution in [2.45, 2.75) is 33.2 Å². The summed E-state index contributed by atoms with van der Waals surface area (Å²) in [5, 5.41) is 0.472. The van der Waals surface area contributed by atoms with Gasteiger partial charge >= 0.3 is 0 Å². The standard InChI is InChI=1S/C27H32N2O5/c1-5-16-33-21-13-12-18(17-22(21)32-4)24-23-25(30)19-10-8-9-11-20(19)34-26(23)27(31)29(24)15-14-28(6-2)7-3/h8-13,17,24H,5-7,14-16H2,1-4H3/t24-/m0/s1. The van der Waals surface area contributed by atoms with Crippen LogP contribution in [0.1, 0.15) is 54.9 Å². The summed E-state index contributed by atoms with van der Waals surface area (Å²) in [5.74, 6) is 1.07. The highest BCUT2D eigenvalue weighted by Gasteiger charge is 2.42. The Morgan fingerprint density at radius 3 is 2.50 bits per heavy atom. The maximum absolute atomic E-state index is 13.6. The van der Waals surface area contributed by atoms with Crippen LogP contribution in [-0.4, -0.2) is 55.6 Å². The van der Waals surface area contributed by atoms with E-state index < -0.39 is 6.04 Å². The predicted octanol–water partition coefficient (Wildman–Crippen LogP) is 4.48. The Hall–Kier alpha value is -3.32. The molecule has 0 saturated heterocycles. The van der Waals surface area contributed by atoms with Crippen LogP contribution in [0.25, 0.3) is 11.0 Å². The molecule has 34 heavy (non-hydrogen) atoms. The van der Waals surface area contributed by atoms with E-state index in [1.54, 1.807) is 36.3 Å². The van der Waals surface area contributed by atoms with Crippen molar-refractivity contribution < 1.29 is 18.7 Å². The highest BCUT2D eigenvalue weighted by molar-refractivity contribution is 5.99. The molecule has 0 spiro atoms. The van der Waals surface area contributed by atoms with Gasteiger partial charge in [0.25, 0.3) is 5.91 Å². The van der Waals surface area contributed by atoms with Crippen molar-refractivity contribution in [2.75, 3.05) is 39.9 Å². The molecule has 2 aromatic carbocycles. The van der Waals surface area contributed by atoms with Gasteiger partial charge < -0.3 is 23.7 Å². The van der Waals surface area contributed by atoms with Crippen molar-refractivity contribution in [3.05, 3.63) is 69.6 Å². The summed E-state index contributed by atoms with van der Waals surface area (Å²) in [6.45, 7) is 9.75. The van der Waals surface area contributed by atoms with Crippen molar-refractivity contribution in [3.63, 3.8) is 0 Å². The molecular formula is C27H32N2O5. The lowest BCUT2D eigenvalue weighted by atomic mass is 9.98. The largest absolute Gasteiger partial charge is 0.493 e. The van der Waals surface area contributed by atoms with Gasteiger partial charge in [-0.15, -0.1) is 0 Å². The zero-order valence-corrected chi connectivity index (χ0v) is 20.3. The lowest BCUT2D eigenvalue weighted by Crippen LogP contribution is -2.37.